The number of hydrogen-bond donors (Lipinski definition) is 2. The summed E-state index contributed by atoms with van der Waals surface area (Å²) in [6.07, 6.45) is 2.65. The lowest BCUT2D eigenvalue weighted by atomic mass is 9.98. The lowest BCUT2D eigenvalue weighted by molar-refractivity contribution is 0.0481. The Morgan fingerprint density at radius 2 is 2.17 bits per heavy atom. The molecule has 100 valence electrons. The SMILES string of the molecule is Cc1cc(CN)cc(N2CCCC(C)(O)CC2)n1. The van der Waals surface area contributed by atoms with E-state index in [9.17, 15) is 5.11 Å². The van der Waals surface area contributed by atoms with E-state index in [0.717, 1.165) is 49.4 Å². The molecule has 0 aromatic carbocycles. The van der Waals surface area contributed by atoms with Crippen molar-refractivity contribution in [1.29, 1.82) is 0 Å². The Morgan fingerprint density at radius 1 is 1.39 bits per heavy atom. The van der Waals surface area contributed by atoms with Gasteiger partial charge in [0.15, 0.2) is 0 Å². The number of anilines is 1. The number of nitrogens with zero attached hydrogens (tertiary/aromatic N) is 2. The first kappa shape index (κ1) is 13.3. The maximum atomic E-state index is 10.1. The van der Waals surface area contributed by atoms with Gasteiger partial charge in [0, 0.05) is 25.3 Å². The van der Waals surface area contributed by atoms with E-state index in [1.165, 1.54) is 0 Å². The molecule has 18 heavy (non-hydrogen) atoms. The summed E-state index contributed by atoms with van der Waals surface area (Å²) in [5.74, 6) is 0.994. The molecule has 1 fully saturated rings. The zero-order valence-electron chi connectivity index (χ0n) is 11.3. The van der Waals surface area contributed by atoms with Gasteiger partial charge in [0.1, 0.15) is 5.82 Å². The smallest absolute Gasteiger partial charge is 0.129 e. The summed E-state index contributed by atoms with van der Waals surface area (Å²) in [5.41, 5.74) is 7.29. The van der Waals surface area contributed by atoms with E-state index in [1.807, 2.05) is 19.9 Å². The van der Waals surface area contributed by atoms with E-state index in [4.69, 9.17) is 5.73 Å². The van der Waals surface area contributed by atoms with Gasteiger partial charge in [-0.25, -0.2) is 4.98 Å². The highest BCUT2D eigenvalue weighted by Crippen LogP contribution is 2.25. The highest BCUT2D eigenvalue weighted by Gasteiger charge is 2.25. The predicted octanol–water partition coefficient (Wildman–Crippen LogP) is 1.59. The highest BCUT2D eigenvalue weighted by atomic mass is 16.3. The minimum atomic E-state index is -0.532. The minimum Gasteiger partial charge on any atom is -0.390 e. The molecule has 1 atom stereocenters. The zero-order valence-corrected chi connectivity index (χ0v) is 11.3. The molecule has 0 spiro atoms. The van der Waals surface area contributed by atoms with Gasteiger partial charge in [0.2, 0.25) is 0 Å². The van der Waals surface area contributed by atoms with Crippen molar-refractivity contribution in [3.05, 3.63) is 23.4 Å². The maximum absolute atomic E-state index is 10.1. The molecular formula is C14H23N3O. The molecule has 0 aliphatic carbocycles. The lowest BCUT2D eigenvalue weighted by Gasteiger charge is -2.24. The summed E-state index contributed by atoms with van der Waals surface area (Å²) in [6.45, 7) is 6.27. The third kappa shape index (κ3) is 3.21. The molecule has 2 rings (SSSR count). The monoisotopic (exact) mass is 249 g/mol. The summed E-state index contributed by atoms with van der Waals surface area (Å²) in [7, 11) is 0. The maximum Gasteiger partial charge on any atom is 0.129 e. The molecule has 1 aromatic rings. The Kier molecular flexibility index (Phi) is 3.88. The number of nitrogens with two attached hydrogens (primary N) is 1. The molecule has 2 heterocycles. The normalized spacial score (nSPS) is 25.0. The van der Waals surface area contributed by atoms with Crippen LogP contribution in [0.25, 0.3) is 0 Å². The van der Waals surface area contributed by atoms with Crippen molar-refractivity contribution in [2.24, 2.45) is 5.73 Å². The molecule has 3 N–H and O–H groups in total. The summed E-state index contributed by atoms with van der Waals surface area (Å²) in [5, 5.41) is 10.1. The van der Waals surface area contributed by atoms with Crippen LogP contribution < -0.4 is 10.6 Å². The molecule has 0 amide bonds. The summed E-state index contributed by atoms with van der Waals surface area (Å²) in [6, 6.07) is 4.09. The number of aliphatic hydroxyl groups is 1. The van der Waals surface area contributed by atoms with Crippen LogP contribution in [0, 0.1) is 6.92 Å². The fourth-order valence-electron chi connectivity index (χ4n) is 2.49. The van der Waals surface area contributed by atoms with E-state index in [2.05, 4.69) is 16.0 Å². The quantitative estimate of drug-likeness (QED) is 0.835. The number of aromatic nitrogens is 1. The Balaban J connectivity index is 2.18. The van der Waals surface area contributed by atoms with Crippen molar-refractivity contribution in [1.82, 2.24) is 4.98 Å². The summed E-state index contributed by atoms with van der Waals surface area (Å²) < 4.78 is 0. The molecule has 1 aromatic heterocycles. The number of rotatable bonds is 2. The third-order valence-corrected chi connectivity index (χ3v) is 3.62. The number of aryl methyl sites for hydroxylation is 1. The van der Waals surface area contributed by atoms with Gasteiger partial charge in [-0.05, 0) is 50.8 Å². The first-order chi connectivity index (χ1) is 8.50. The first-order valence-electron chi connectivity index (χ1n) is 6.65. The minimum absolute atomic E-state index is 0.532. The van der Waals surface area contributed by atoms with Crippen LogP contribution in [0.4, 0.5) is 5.82 Å². The first-order valence-corrected chi connectivity index (χ1v) is 6.65. The summed E-state index contributed by atoms with van der Waals surface area (Å²) in [4.78, 5) is 6.84. The highest BCUT2D eigenvalue weighted by molar-refractivity contribution is 5.43. The third-order valence-electron chi connectivity index (χ3n) is 3.62. The standard InChI is InChI=1S/C14H23N3O/c1-11-8-12(10-15)9-13(16-11)17-6-3-4-14(2,18)5-7-17/h8-9,18H,3-7,10,15H2,1-2H3. The van der Waals surface area contributed by atoms with Gasteiger partial charge in [-0.1, -0.05) is 0 Å². The topological polar surface area (TPSA) is 62.4 Å². The van der Waals surface area contributed by atoms with Crippen LogP contribution in [-0.4, -0.2) is 28.8 Å². The van der Waals surface area contributed by atoms with Crippen LogP contribution in [0.15, 0.2) is 12.1 Å². The van der Waals surface area contributed by atoms with Crippen molar-refractivity contribution < 1.29 is 5.11 Å². The van der Waals surface area contributed by atoms with E-state index >= 15 is 0 Å². The van der Waals surface area contributed by atoms with Crippen molar-refractivity contribution in [2.75, 3.05) is 18.0 Å². The zero-order chi connectivity index (χ0) is 13.2. The Labute approximate surface area is 109 Å². The van der Waals surface area contributed by atoms with Crippen LogP contribution in [0.2, 0.25) is 0 Å². The van der Waals surface area contributed by atoms with Crippen LogP contribution in [-0.2, 0) is 6.54 Å². The molecule has 0 saturated carbocycles. The average molecular weight is 249 g/mol. The van der Waals surface area contributed by atoms with Crippen LogP contribution in [0.1, 0.15) is 37.4 Å². The van der Waals surface area contributed by atoms with Gasteiger partial charge in [0.05, 0.1) is 5.60 Å². The van der Waals surface area contributed by atoms with Gasteiger partial charge in [-0.3, -0.25) is 0 Å². The largest absolute Gasteiger partial charge is 0.390 e. The van der Waals surface area contributed by atoms with Crippen molar-refractivity contribution in [3.63, 3.8) is 0 Å². The van der Waals surface area contributed by atoms with Crippen molar-refractivity contribution >= 4 is 5.82 Å². The van der Waals surface area contributed by atoms with E-state index in [-0.39, 0.29) is 0 Å². The Bertz CT molecular complexity index is 418. The number of hydrogen-bond acceptors (Lipinski definition) is 4. The molecule has 0 bridgehead atoms. The Morgan fingerprint density at radius 3 is 2.89 bits per heavy atom. The van der Waals surface area contributed by atoms with E-state index < -0.39 is 5.60 Å². The van der Waals surface area contributed by atoms with Gasteiger partial charge >= 0.3 is 0 Å². The van der Waals surface area contributed by atoms with E-state index in [1.54, 1.807) is 0 Å². The van der Waals surface area contributed by atoms with Gasteiger partial charge < -0.3 is 15.7 Å². The molecule has 1 unspecified atom stereocenters. The van der Waals surface area contributed by atoms with Gasteiger partial charge in [0.25, 0.3) is 0 Å². The molecule has 1 aliphatic heterocycles. The predicted molar refractivity (Wildman–Crippen MR) is 73.6 cm³/mol. The van der Waals surface area contributed by atoms with Gasteiger partial charge in [-0.2, -0.15) is 0 Å². The molecule has 1 saturated heterocycles. The second-order valence-electron chi connectivity index (χ2n) is 5.52. The molecule has 1 aliphatic rings. The molecule has 4 nitrogen and oxygen atoms in total. The summed E-state index contributed by atoms with van der Waals surface area (Å²) >= 11 is 0. The Hall–Kier alpha value is -1.13. The van der Waals surface area contributed by atoms with E-state index in [0.29, 0.717) is 6.54 Å². The van der Waals surface area contributed by atoms with Gasteiger partial charge in [-0.15, -0.1) is 0 Å². The average Bonchev–Trinajstić information content (AvgIpc) is 2.49. The second-order valence-corrected chi connectivity index (χ2v) is 5.52. The fraction of sp³-hybridized carbons (Fsp3) is 0.643. The molecular weight excluding hydrogens is 226 g/mol. The lowest BCUT2D eigenvalue weighted by Crippen LogP contribution is -2.29. The second kappa shape index (κ2) is 5.24. The van der Waals surface area contributed by atoms with Crippen LogP contribution in [0.3, 0.4) is 0 Å². The van der Waals surface area contributed by atoms with Crippen LogP contribution in [0.5, 0.6) is 0 Å². The molecule has 4 heteroatoms. The fourth-order valence-corrected chi connectivity index (χ4v) is 2.49. The van der Waals surface area contributed by atoms with Crippen molar-refractivity contribution in [2.45, 2.75) is 45.3 Å². The number of pyridine rings is 1. The van der Waals surface area contributed by atoms with Crippen LogP contribution >= 0.6 is 0 Å². The van der Waals surface area contributed by atoms with Crippen molar-refractivity contribution in [3.8, 4) is 0 Å². The molecule has 0 radical (unpaired) electrons.